The van der Waals surface area contributed by atoms with Gasteiger partial charge in [-0.25, -0.2) is 9.98 Å². The lowest BCUT2D eigenvalue weighted by Gasteiger charge is -2.27. The van der Waals surface area contributed by atoms with Crippen LogP contribution in [0.15, 0.2) is 48.0 Å². The van der Waals surface area contributed by atoms with Gasteiger partial charge in [-0.3, -0.25) is 0 Å². The average molecular weight is 315 g/mol. The van der Waals surface area contributed by atoms with Crippen molar-refractivity contribution < 1.29 is 0 Å². The molecule has 1 aromatic carbocycles. The van der Waals surface area contributed by atoms with Crippen molar-refractivity contribution >= 4 is 17.7 Å². The molecule has 0 aliphatic carbocycles. The number of hydrogen-bond donors (Lipinski definition) is 1. The number of benzene rings is 1. The molecule has 1 saturated heterocycles. The van der Waals surface area contributed by atoms with Crippen molar-refractivity contribution in [1.82, 2.24) is 14.5 Å². The molecule has 0 atom stereocenters. The first-order valence-corrected chi connectivity index (χ1v) is 8.63. The third kappa shape index (κ3) is 3.82. The van der Waals surface area contributed by atoms with Gasteiger partial charge in [-0.1, -0.05) is 24.3 Å². The fourth-order valence-electron chi connectivity index (χ4n) is 2.50. The number of nitrogens with two attached hydrogens (primary N) is 1. The van der Waals surface area contributed by atoms with Crippen molar-refractivity contribution in [3.63, 3.8) is 0 Å². The third-order valence-corrected chi connectivity index (χ3v) is 4.72. The molecule has 5 nitrogen and oxygen atoms in total. The van der Waals surface area contributed by atoms with Gasteiger partial charge in [0.2, 0.25) is 0 Å². The smallest absolute Gasteiger partial charge is 0.191 e. The molecule has 0 unspecified atom stereocenters. The van der Waals surface area contributed by atoms with Gasteiger partial charge in [-0.2, -0.15) is 11.8 Å². The molecule has 6 heteroatoms. The van der Waals surface area contributed by atoms with Crippen LogP contribution >= 0.6 is 11.8 Å². The van der Waals surface area contributed by atoms with E-state index in [1.807, 2.05) is 24.3 Å². The normalized spacial score (nSPS) is 16.0. The number of rotatable bonds is 4. The summed E-state index contributed by atoms with van der Waals surface area (Å²) in [5.41, 5.74) is 8.60. The maximum Gasteiger partial charge on any atom is 0.191 e. The number of hydrogen-bond acceptors (Lipinski definition) is 3. The van der Waals surface area contributed by atoms with E-state index in [0.29, 0.717) is 12.5 Å². The van der Waals surface area contributed by atoms with Gasteiger partial charge < -0.3 is 15.2 Å². The Kier molecular flexibility index (Phi) is 5.00. The lowest BCUT2D eigenvalue weighted by atomic mass is 10.1. The molecular weight excluding hydrogens is 294 g/mol. The third-order valence-electron chi connectivity index (χ3n) is 3.78. The summed E-state index contributed by atoms with van der Waals surface area (Å²) in [5, 5.41) is 0. The van der Waals surface area contributed by atoms with E-state index in [9.17, 15) is 0 Å². The molecule has 0 spiro atoms. The molecule has 1 aliphatic rings. The topological polar surface area (TPSA) is 59.4 Å². The van der Waals surface area contributed by atoms with Crippen molar-refractivity contribution in [3.05, 3.63) is 54.1 Å². The van der Waals surface area contributed by atoms with E-state index in [1.165, 1.54) is 11.1 Å². The Labute approximate surface area is 135 Å². The maximum atomic E-state index is 6.13. The van der Waals surface area contributed by atoms with Crippen LogP contribution in [0.4, 0.5) is 0 Å². The van der Waals surface area contributed by atoms with E-state index in [2.05, 4.69) is 43.7 Å². The van der Waals surface area contributed by atoms with Gasteiger partial charge in [0.15, 0.2) is 5.96 Å². The van der Waals surface area contributed by atoms with Gasteiger partial charge in [0.05, 0.1) is 12.9 Å². The van der Waals surface area contributed by atoms with Crippen molar-refractivity contribution in [3.8, 4) is 0 Å². The predicted molar refractivity (Wildman–Crippen MR) is 92.0 cm³/mol. The van der Waals surface area contributed by atoms with E-state index in [0.717, 1.165) is 31.1 Å². The zero-order valence-corrected chi connectivity index (χ0v) is 13.4. The van der Waals surface area contributed by atoms with Crippen LogP contribution in [0.5, 0.6) is 0 Å². The largest absolute Gasteiger partial charge is 0.370 e. The van der Waals surface area contributed by atoms with Crippen LogP contribution in [0, 0.1) is 0 Å². The van der Waals surface area contributed by atoms with Crippen molar-refractivity contribution in [1.29, 1.82) is 0 Å². The predicted octanol–water partition coefficient (Wildman–Crippen LogP) is 1.79. The molecule has 2 aromatic rings. The molecule has 1 aromatic heterocycles. The second-order valence-electron chi connectivity index (χ2n) is 5.28. The Morgan fingerprint density at radius 3 is 2.73 bits per heavy atom. The summed E-state index contributed by atoms with van der Waals surface area (Å²) < 4.78 is 2.06. The Morgan fingerprint density at radius 2 is 2.00 bits per heavy atom. The van der Waals surface area contributed by atoms with Gasteiger partial charge in [0.1, 0.15) is 0 Å². The summed E-state index contributed by atoms with van der Waals surface area (Å²) >= 11 is 1.97. The van der Waals surface area contributed by atoms with E-state index in [-0.39, 0.29) is 0 Å². The summed E-state index contributed by atoms with van der Waals surface area (Å²) in [5.74, 6) is 2.93. The molecule has 22 heavy (non-hydrogen) atoms. The highest BCUT2D eigenvalue weighted by Crippen LogP contribution is 2.13. The monoisotopic (exact) mass is 315 g/mol. The summed E-state index contributed by atoms with van der Waals surface area (Å²) in [6, 6.07) is 8.37. The molecule has 3 rings (SSSR count). The van der Waals surface area contributed by atoms with Crippen LogP contribution in [0.3, 0.4) is 0 Å². The number of nitrogens with zero attached hydrogens (tertiary/aromatic N) is 4. The molecule has 2 N–H and O–H groups in total. The number of guanidine groups is 1. The number of aliphatic imine (C=N–C) groups is 1. The zero-order chi connectivity index (χ0) is 15.2. The number of thioether (sulfide) groups is 1. The average Bonchev–Trinajstić information content (AvgIpc) is 3.07. The van der Waals surface area contributed by atoms with E-state index in [4.69, 9.17) is 5.73 Å². The Bertz CT molecular complexity index is 617. The molecular formula is C16H21N5S. The van der Waals surface area contributed by atoms with Crippen LogP contribution in [0.1, 0.15) is 11.1 Å². The van der Waals surface area contributed by atoms with Crippen LogP contribution in [0.2, 0.25) is 0 Å². The summed E-state index contributed by atoms with van der Waals surface area (Å²) in [6.45, 7) is 3.43. The van der Waals surface area contributed by atoms with Crippen LogP contribution < -0.4 is 5.73 Å². The molecule has 0 amide bonds. The summed E-state index contributed by atoms with van der Waals surface area (Å²) in [7, 11) is 0. The highest BCUT2D eigenvalue weighted by Gasteiger charge is 2.12. The zero-order valence-electron chi connectivity index (χ0n) is 12.6. The van der Waals surface area contributed by atoms with E-state index < -0.39 is 0 Å². The Balaban J connectivity index is 1.69. The van der Waals surface area contributed by atoms with Crippen LogP contribution in [-0.2, 0) is 13.1 Å². The molecule has 1 fully saturated rings. The fraction of sp³-hybridized carbons (Fsp3) is 0.375. The molecule has 0 radical (unpaired) electrons. The Hall–Kier alpha value is -1.95. The molecule has 0 bridgehead atoms. The number of aromatic nitrogens is 2. The van der Waals surface area contributed by atoms with E-state index in [1.54, 1.807) is 6.20 Å². The first-order chi connectivity index (χ1) is 10.8. The molecule has 116 valence electrons. The number of imidazole rings is 1. The minimum atomic E-state index is 0.625. The summed E-state index contributed by atoms with van der Waals surface area (Å²) in [4.78, 5) is 10.9. The molecule has 1 aliphatic heterocycles. The lowest BCUT2D eigenvalue weighted by molar-refractivity contribution is 0.455. The SMILES string of the molecule is NC(=NCc1ccccc1Cn1ccnc1)N1CCSCC1. The van der Waals surface area contributed by atoms with Gasteiger partial charge in [-0.05, 0) is 11.1 Å². The fourth-order valence-corrected chi connectivity index (χ4v) is 3.40. The van der Waals surface area contributed by atoms with Crippen molar-refractivity contribution in [2.45, 2.75) is 13.1 Å². The quantitative estimate of drug-likeness (QED) is 0.690. The second-order valence-corrected chi connectivity index (χ2v) is 6.50. The molecule has 2 heterocycles. The highest BCUT2D eigenvalue weighted by molar-refractivity contribution is 7.99. The van der Waals surface area contributed by atoms with Crippen molar-refractivity contribution in [2.75, 3.05) is 24.6 Å². The van der Waals surface area contributed by atoms with Crippen LogP contribution in [-0.4, -0.2) is 45.0 Å². The standard InChI is InChI=1S/C16H21N5S/c17-16(21-7-9-22-10-8-21)19-11-14-3-1-2-4-15(14)12-20-6-5-18-13-20/h1-6,13H,7-12H2,(H2,17,19). The minimum Gasteiger partial charge on any atom is -0.370 e. The first-order valence-electron chi connectivity index (χ1n) is 7.48. The minimum absolute atomic E-state index is 0.625. The lowest BCUT2D eigenvalue weighted by Crippen LogP contribution is -2.42. The maximum absolute atomic E-state index is 6.13. The van der Waals surface area contributed by atoms with Gasteiger partial charge in [0, 0.05) is 43.5 Å². The van der Waals surface area contributed by atoms with E-state index >= 15 is 0 Å². The molecule has 0 saturated carbocycles. The van der Waals surface area contributed by atoms with Gasteiger partial charge in [-0.15, -0.1) is 0 Å². The van der Waals surface area contributed by atoms with Crippen LogP contribution in [0.25, 0.3) is 0 Å². The van der Waals surface area contributed by atoms with Gasteiger partial charge >= 0.3 is 0 Å². The van der Waals surface area contributed by atoms with Gasteiger partial charge in [0.25, 0.3) is 0 Å². The van der Waals surface area contributed by atoms with Crippen molar-refractivity contribution in [2.24, 2.45) is 10.7 Å². The first kappa shape index (κ1) is 15.0. The second kappa shape index (κ2) is 7.35. The summed E-state index contributed by atoms with van der Waals surface area (Å²) in [6.07, 6.45) is 5.60. The Morgan fingerprint density at radius 1 is 1.23 bits per heavy atom. The highest BCUT2D eigenvalue weighted by atomic mass is 32.2.